The highest BCUT2D eigenvalue weighted by Crippen LogP contribution is 2.29. The van der Waals surface area contributed by atoms with Crippen LogP contribution in [0.5, 0.6) is 0 Å². The molecule has 2 aromatic carbocycles. The number of thioether (sulfide) groups is 1. The van der Waals surface area contributed by atoms with Gasteiger partial charge in [-0.2, -0.15) is 0 Å². The van der Waals surface area contributed by atoms with Gasteiger partial charge in [0.15, 0.2) is 0 Å². The number of hydrogen-bond donors (Lipinski definition) is 2. The Morgan fingerprint density at radius 3 is 2.96 bits per heavy atom. The van der Waals surface area contributed by atoms with Crippen LogP contribution in [0, 0.1) is 0 Å². The standard InChI is InChI=1S/C19H15ClN4O2S/c20-13-5-3-4-12(8-13)9-22-17(25)11-27-19-24-23-18(26-19)15-10-21-16-7-2-1-6-14(15)16/h1-8,10,21H,9,11H2,(H,22,25). The number of para-hydroxylation sites is 1. The zero-order valence-electron chi connectivity index (χ0n) is 14.1. The molecule has 0 aliphatic heterocycles. The number of aromatic nitrogens is 3. The van der Waals surface area contributed by atoms with Crippen LogP contribution < -0.4 is 5.32 Å². The molecule has 6 nitrogen and oxygen atoms in total. The molecule has 0 atom stereocenters. The molecule has 0 unspecified atom stereocenters. The van der Waals surface area contributed by atoms with Gasteiger partial charge in [0.2, 0.25) is 5.91 Å². The largest absolute Gasteiger partial charge is 0.411 e. The van der Waals surface area contributed by atoms with E-state index in [1.807, 2.05) is 48.7 Å². The molecule has 0 radical (unpaired) electrons. The molecule has 0 fully saturated rings. The van der Waals surface area contributed by atoms with E-state index in [1.165, 1.54) is 11.8 Å². The molecule has 4 rings (SSSR count). The first-order valence-electron chi connectivity index (χ1n) is 8.23. The summed E-state index contributed by atoms with van der Waals surface area (Å²) >= 11 is 7.14. The van der Waals surface area contributed by atoms with E-state index in [0.29, 0.717) is 22.7 Å². The summed E-state index contributed by atoms with van der Waals surface area (Å²) in [7, 11) is 0. The first kappa shape index (κ1) is 17.6. The summed E-state index contributed by atoms with van der Waals surface area (Å²) in [5.74, 6) is 0.497. The minimum Gasteiger partial charge on any atom is -0.411 e. The van der Waals surface area contributed by atoms with Crippen LogP contribution in [0.4, 0.5) is 0 Å². The van der Waals surface area contributed by atoms with E-state index < -0.39 is 0 Å². The van der Waals surface area contributed by atoms with Gasteiger partial charge in [0.25, 0.3) is 11.1 Å². The number of carbonyl (C=O) groups excluding carboxylic acids is 1. The van der Waals surface area contributed by atoms with Crippen molar-refractivity contribution >= 4 is 40.2 Å². The van der Waals surface area contributed by atoms with E-state index in [2.05, 4.69) is 20.5 Å². The Morgan fingerprint density at radius 1 is 1.19 bits per heavy atom. The molecule has 1 amide bonds. The third-order valence-corrected chi connectivity index (χ3v) is 4.99. The fourth-order valence-electron chi connectivity index (χ4n) is 2.65. The molecule has 136 valence electrons. The second-order valence-corrected chi connectivity index (χ2v) is 7.18. The molecule has 2 N–H and O–H groups in total. The molecule has 4 aromatic rings. The fourth-order valence-corrected chi connectivity index (χ4v) is 3.46. The third kappa shape index (κ3) is 4.15. The lowest BCUT2D eigenvalue weighted by Gasteiger charge is -2.04. The summed E-state index contributed by atoms with van der Waals surface area (Å²) in [6.45, 7) is 0.421. The number of nitrogens with one attached hydrogen (secondary N) is 2. The normalized spacial score (nSPS) is 11.0. The second kappa shape index (κ2) is 7.85. The summed E-state index contributed by atoms with van der Waals surface area (Å²) in [5, 5.41) is 13.0. The van der Waals surface area contributed by atoms with Crippen molar-refractivity contribution in [2.24, 2.45) is 0 Å². The maximum absolute atomic E-state index is 12.0. The quantitative estimate of drug-likeness (QED) is 0.473. The van der Waals surface area contributed by atoms with Crippen LogP contribution in [0.1, 0.15) is 5.56 Å². The van der Waals surface area contributed by atoms with Crippen LogP contribution in [0.25, 0.3) is 22.4 Å². The molecule has 27 heavy (non-hydrogen) atoms. The van der Waals surface area contributed by atoms with Crippen molar-refractivity contribution in [3.63, 3.8) is 0 Å². The number of carbonyl (C=O) groups is 1. The van der Waals surface area contributed by atoms with Crippen molar-refractivity contribution in [2.45, 2.75) is 11.8 Å². The molecule has 2 heterocycles. The maximum atomic E-state index is 12.0. The molecule has 2 aromatic heterocycles. The Hall–Kier alpha value is -2.77. The van der Waals surface area contributed by atoms with Crippen LogP contribution in [0.2, 0.25) is 5.02 Å². The van der Waals surface area contributed by atoms with Crippen molar-refractivity contribution < 1.29 is 9.21 Å². The summed E-state index contributed by atoms with van der Waals surface area (Å²) in [4.78, 5) is 15.2. The van der Waals surface area contributed by atoms with E-state index in [-0.39, 0.29) is 11.7 Å². The molecule has 0 spiro atoms. The summed E-state index contributed by atoms with van der Waals surface area (Å²) in [6.07, 6.45) is 1.84. The van der Waals surface area contributed by atoms with Gasteiger partial charge in [-0.3, -0.25) is 4.79 Å². The molecule has 0 aliphatic carbocycles. The number of amides is 1. The Bertz CT molecular complexity index is 1090. The number of aromatic amines is 1. The monoisotopic (exact) mass is 398 g/mol. The summed E-state index contributed by atoms with van der Waals surface area (Å²) in [5.41, 5.74) is 2.79. The molecule has 8 heteroatoms. The molecule has 0 saturated heterocycles. The van der Waals surface area contributed by atoms with Gasteiger partial charge in [-0.05, 0) is 23.8 Å². The van der Waals surface area contributed by atoms with Crippen molar-refractivity contribution in [3.05, 3.63) is 65.3 Å². The van der Waals surface area contributed by atoms with Crippen molar-refractivity contribution in [1.82, 2.24) is 20.5 Å². The first-order chi connectivity index (χ1) is 13.2. The smallest absolute Gasteiger partial charge is 0.277 e. The SMILES string of the molecule is O=C(CSc1nnc(-c2c[nH]c3ccccc23)o1)NCc1cccc(Cl)c1. The van der Waals surface area contributed by atoms with Gasteiger partial charge >= 0.3 is 0 Å². The molecule has 0 saturated carbocycles. The Kier molecular flexibility index (Phi) is 5.13. The van der Waals surface area contributed by atoms with E-state index in [9.17, 15) is 4.79 Å². The molecular formula is C19H15ClN4O2S. The minimum atomic E-state index is -0.119. The average Bonchev–Trinajstić information content (AvgIpc) is 3.31. The number of benzene rings is 2. The fraction of sp³-hybridized carbons (Fsp3) is 0.105. The van der Waals surface area contributed by atoms with Gasteiger partial charge in [-0.15, -0.1) is 10.2 Å². The van der Waals surface area contributed by atoms with Crippen LogP contribution in [0.15, 0.2) is 64.4 Å². The topological polar surface area (TPSA) is 83.8 Å². The zero-order chi connectivity index (χ0) is 18.6. The lowest BCUT2D eigenvalue weighted by atomic mass is 10.2. The Balaban J connectivity index is 1.35. The molecular weight excluding hydrogens is 384 g/mol. The Labute approximate surface area is 164 Å². The van der Waals surface area contributed by atoms with Crippen molar-refractivity contribution in [3.8, 4) is 11.5 Å². The highest BCUT2D eigenvalue weighted by Gasteiger charge is 2.14. The number of nitrogens with zero attached hydrogens (tertiary/aromatic N) is 2. The number of H-pyrrole nitrogens is 1. The van der Waals surface area contributed by atoms with Gasteiger partial charge in [-0.25, -0.2) is 0 Å². The van der Waals surface area contributed by atoms with Gasteiger partial charge in [0.1, 0.15) is 0 Å². The van der Waals surface area contributed by atoms with E-state index >= 15 is 0 Å². The van der Waals surface area contributed by atoms with Gasteiger partial charge in [0, 0.05) is 28.7 Å². The van der Waals surface area contributed by atoms with Crippen molar-refractivity contribution in [1.29, 1.82) is 0 Å². The number of fused-ring (bicyclic) bond motifs is 1. The van der Waals surface area contributed by atoms with E-state index in [0.717, 1.165) is 22.0 Å². The lowest BCUT2D eigenvalue weighted by molar-refractivity contribution is -0.118. The summed E-state index contributed by atoms with van der Waals surface area (Å²) < 4.78 is 5.69. The van der Waals surface area contributed by atoms with Gasteiger partial charge in [-0.1, -0.05) is 53.7 Å². The van der Waals surface area contributed by atoms with Crippen LogP contribution in [-0.2, 0) is 11.3 Å². The van der Waals surface area contributed by atoms with Crippen LogP contribution in [-0.4, -0.2) is 26.8 Å². The number of halogens is 1. The minimum absolute atomic E-state index is 0.119. The van der Waals surface area contributed by atoms with Crippen LogP contribution >= 0.6 is 23.4 Å². The first-order valence-corrected chi connectivity index (χ1v) is 9.59. The van der Waals surface area contributed by atoms with E-state index in [4.69, 9.17) is 16.0 Å². The maximum Gasteiger partial charge on any atom is 0.277 e. The highest BCUT2D eigenvalue weighted by molar-refractivity contribution is 7.99. The van der Waals surface area contributed by atoms with Crippen molar-refractivity contribution in [2.75, 3.05) is 5.75 Å². The summed E-state index contributed by atoms with van der Waals surface area (Å²) in [6, 6.07) is 15.3. The number of rotatable bonds is 6. The lowest BCUT2D eigenvalue weighted by Crippen LogP contribution is -2.24. The van der Waals surface area contributed by atoms with E-state index in [1.54, 1.807) is 6.07 Å². The highest BCUT2D eigenvalue weighted by atomic mass is 35.5. The predicted molar refractivity (Wildman–Crippen MR) is 106 cm³/mol. The third-order valence-electron chi connectivity index (χ3n) is 3.93. The second-order valence-electron chi connectivity index (χ2n) is 5.82. The average molecular weight is 399 g/mol. The van der Waals surface area contributed by atoms with Gasteiger partial charge < -0.3 is 14.7 Å². The molecule has 0 bridgehead atoms. The predicted octanol–water partition coefficient (Wildman–Crippen LogP) is 4.28. The Morgan fingerprint density at radius 2 is 2.07 bits per heavy atom. The molecule has 0 aliphatic rings. The van der Waals surface area contributed by atoms with Crippen LogP contribution in [0.3, 0.4) is 0 Å². The van der Waals surface area contributed by atoms with Gasteiger partial charge in [0.05, 0.1) is 11.3 Å². The number of hydrogen-bond acceptors (Lipinski definition) is 5. The zero-order valence-corrected chi connectivity index (χ0v) is 15.7.